The first kappa shape index (κ1) is 58.3. The third kappa shape index (κ3) is 831. The molecule has 0 spiro atoms. The van der Waals surface area contributed by atoms with Crippen LogP contribution in [0.5, 0.6) is 0 Å². The Morgan fingerprint density at radius 2 is 1.00 bits per heavy atom. The van der Waals surface area contributed by atoms with Crippen molar-refractivity contribution in [2.75, 3.05) is 0 Å². The third-order valence-corrected chi connectivity index (χ3v) is 0. The Bertz CT molecular complexity index is 91.5. The van der Waals surface area contributed by atoms with Crippen LogP contribution in [0, 0.1) is 52.7 Å². The Morgan fingerprint density at radius 3 is 1.00 bits per heavy atom. The second-order valence-corrected chi connectivity index (χ2v) is 0.236. The summed E-state index contributed by atoms with van der Waals surface area (Å²) >= 11 is 0. The maximum atomic E-state index is 7.50. The van der Waals surface area contributed by atoms with Gasteiger partial charge in [0.25, 0.3) is 0 Å². The van der Waals surface area contributed by atoms with Crippen LogP contribution in [0.3, 0.4) is 0 Å². The largest absolute Gasteiger partial charge is 2.00 e. The van der Waals surface area contributed by atoms with Gasteiger partial charge in [0.1, 0.15) is 0 Å². The summed E-state index contributed by atoms with van der Waals surface area (Å²) in [6.07, 6.45) is 1.25. The van der Waals surface area contributed by atoms with Crippen molar-refractivity contribution in [2.45, 2.75) is 0 Å². The molecule has 0 atom stereocenters. The van der Waals surface area contributed by atoms with Gasteiger partial charge in [0.15, 0.2) is 0 Å². The molecule has 0 fully saturated rings. The van der Waals surface area contributed by atoms with Gasteiger partial charge in [-0.05, 0) is 0 Å². The predicted molar refractivity (Wildman–Crippen MR) is 37.4 cm³/mol. The van der Waals surface area contributed by atoms with Crippen LogP contribution in [-0.2, 0) is 31.0 Å². The molecule has 0 saturated carbocycles. The Balaban J connectivity index is -0.00000000676. The van der Waals surface area contributed by atoms with Crippen molar-refractivity contribution in [2.24, 2.45) is 0 Å². The Morgan fingerprint density at radius 1 is 1.00 bits per heavy atom. The summed E-state index contributed by atoms with van der Waals surface area (Å²) in [6.45, 7) is 26.0. The van der Waals surface area contributed by atoms with Crippen molar-refractivity contribution in [3.63, 3.8) is 0 Å². The molecule has 70 valence electrons. The van der Waals surface area contributed by atoms with Gasteiger partial charge in [0.05, 0.1) is 0 Å². The quantitative estimate of drug-likeness (QED) is 0.343. The van der Waals surface area contributed by atoms with Crippen molar-refractivity contribution in [1.29, 1.82) is 5.26 Å². The molecule has 0 aromatic carbocycles. The van der Waals surface area contributed by atoms with Gasteiger partial charge in [0.2, 0.25) is 0 Å². The van der Waals surface area contributed by atoms with E-state index in [4.69, 9.17) is 25.8 Å². The molecule has 0 aromatic heterocycles. The van der Waals surface area contributed by atoms with E-state index in [2.05, 4.69) is 33.5 Å². The number of rotatable bonds is 0. The summed E-state index contributed by atoms with van der Waals surface area (Å²) < 4.78 is 22.5. The Labute approximate surface area is 90.3 Å². The second-order valence-electron chi connectivity index (χ2n) is 0.236. The molecule has 0 heterocycles. The van der Waals surface area contributed by atoms with Gasteiger partial charge in [-0.1, -0.05) is 6.92 Å². The zero-order valence-corrected chi connectivity index (χ0v) is 8.09. The van der Waals surface area contributed by atoms with E-state index in [-0.39, 0.29) is 24.5 Å². The number of allylic oxidation sites excluding steroid dienone is 1. The molecule has 0 bridgehead atoms. The van der Waals surface area contributed by atoms with Gasteiger partial charge >= 0.3 is 51.0 Å². The molecule has 0 saturated heterocycles. The molecule has 0 N–H and O–H groups in total. The molecule has 0 amide bonds. The number of hydrogen-bond acceptors (Lipinski definition) is 1. The average Bonchev–Trinajstić information content (AvgIpc) is 2.18. The van der Waals surface area contributed by atoms with Crippen LogP contribution in [0.1, 0.15) is 0 Å². The normalized spacial score (nSPS) is 1.62. The number of nitrogens with zero attached hydrogens (tertiary/aromatic N) is 1. The minimum absolute atomic E-state index is 0. The molecule has 0 aliphatic heterocycles. The van der Waals surface area contributed by atoms with Crippen LogP contribution >= 0.6 is 0 Å². The summed E-state index contributed by atoms with van der Waals surface area (Å²) in [5, 5.41) is 6.25. The molecule has 0 aromatic rings. The third-order valence-electron chi connectivity index (χ3n) is 0. The molecule has 2 radical (unpaired) electrons. The van der Waals surface area contributed by atoms with Crippen LogP contribution in [0.25, 0.3) is 0 Å². The van der Waals surface area contributed by atoms with Crippen LogP contribution in [0.2, 0.25) is 0 Å². The van der Waals surface area contributed by atoms with Gasteiger partial charge in [-0.25, -0.2) is 0 Å². The molecule has 0 unspecified atom stereocenters. The van der Waals surface area contributed by atoms with E-state index in [9.17, 15) is 0 Å². The SMILES string of the molecule is [C-]#N.[C-]#[O+].[C-]#[O+].[C-]#[O+].[CH-]=C[CH2].[CH3-].[Mn+2]. The van der Waals surface area contributed by atoms with Crippen LogP contribution in [-0.4, -0.2) is 0 Å². The average molecular weight is 220 g/mol. The fraction of sp³-hybridized carbons (Fsp3) is 0. The van der Waals surface area contributed by atoms with Crippen LogP contribution in [0.4, 0.5) is 0 Å². The van der Waals surface area contributed by atoms with Crippen molar-refractivity contribution >= 4 is 0 Å². The first-order chi connectivity index (χ1) is 5.41. The zero-order chi connectivity index (χ0) is 10.7. The van der Waals surface area contributed by atoms with Gasteiger partial charge in [-0.2, -0.15) is 0 Å². The van der Waals surface area contributed by atoms with Gasteiger partial charge in [-0.15, -0.1) is 0 Å². The maximum absolute atomic E-state index is 7.50. The van der Waals surface area contributed by atoms with Crippen molar-refractivity contribution in [1.82, 2.24) is 0 Å². The zero-order valence-electron chi connectivity index (χ0n) is 6.91. The van der Waals surface area contributed by atoms with E-state index >= 15 is 0 Å². The Hall–Kier alpha value is -1.03. The molecule has 0 rings (SSSR count). The van der Waals surface area contributed by atoms with E-state index in [1.165, 1.54) is 6.08 Å². The first-order valence-electron chi connectivity index (χ1n) is 1.58. The summed E-state index contributed by atoms with van der Waals surface area (Å²) in [5.41, 5.74) is 0. The Kier molecular flexibility index (Phi) is 5250000. The summed E-state index contributed by atoms with van der Waals surface area (Å²) in [6, 6.07) is 0. The van der Waals surface area contributed by atoms with E-state index in [0.717, 1.165) is 0 Å². The van der Waals surface area contributed by atoms with Crippen molar-refractivity contribution in [3.05, 3.63) is 53.5 Å². The molecule has 0 aliphatic rings. The summed E-state index contributed by atoms with van der Waals surface area (Å²) in [5.74, 6) is 0. The predicted octanol–water partition coefficient (Wildman–Crippen LogP) is 1.24. The molecule has 13 heavy (non-hydrogen) atoms. The van der Waals surface area contributed by atoms with E-state index in [0.29, 0.717) is 0 Å². The van der Waals surface area contributed by atoms with Crippen molar-refractivity contribution in [3.8, 4) is 0 Å². The first-order valence-corrected chi connectivity index (χ1v) is 1.58. The molecular formula is C8H7MnNO3-. The van der Waals surface area contributed by atoms with Gasteiger partial charge in [0, 0.05) is 0 Å². The minimum atomic E-state index is 0. The van der Waals surface area contributed by atoms with E-state index in [1.54, 1.807) is 0 Å². The molecule has 4 nitrogen and oxygen atoms in total. The molecule has 0 aliphatic carbocycles. The van der Waals surface area contributed by atoms with E-state index in [1.807, 2.05) is 0 Å². The smallest absolute Gasteiger partial charge is 0.518 e. The second kappa shape index (κ2) is 1170000. The fourth-order valence-corrected chi connectivity index (χ4v) is 0. The standard InChI is InChI=1S/C3H4.CN.3CO.CH3.Mn/c1-3-2;4*1-2;;/h1,3H,2H2;;;;;1H3;/q2*-1;;;;-1;+2. The monoisotopic (exact) mass is 220 g/mol. The van der Waals surface area contributed by atoms with Crippen molar-refractivity contribution < 1.29 is 31.0 Å². The minimum Gasteiger partial charge on any atom is -0.518 e. The molecular weight excluding hydrogens is 213 g/mol. The van der Waals surface area contributed by atoms with Gasteiger partial charge in [-0.3, -0.25) is 6.08 Å². The number of hydrogen-bond donors (Lipinski definition) is 0. The van der Waals surface area contributed by atoms with Crippen LogP contribution in [0.15, 0.2) is 6.08 Å². The van der Waals surface area contributed by atoms with Gasteiger partial charge < -0.3 is 25.8 Å². The molecule has 5 heteroatoms. The maximum Gasteiger partial charge on any atom is 2.00 e. The fourth-order valence-electron chi connectivity index (χ4n) is 0. The van der Waals surface area contributed by atoms with E-state index < -0.39 is 0 Å². The topological polar surface area (TPSA) is 83.5 Å². The summed E-state index contributed by atoms with van der Waals surface area (Å²) in [4.78, 5) is 0. The van der Waals surface area contributed by atoms with Crippen LogP contribution < -0.4 is 0 Å². The summed E-state index contributed by atoms with van der Waals surface area (Å²) in [7, 11) is 0.